The van der Waals surface area contributed by atoms with Crippen LogP contribution in [0.25, 0.3) is 0 Å². The number of hydrogen-bond donors (Lipinski definition) is 1. The Kier molecular flexibility index (Phi) is 32.5. The van der Waals surface area contributed by atoms with Gasteiger partial charge in [-0.2, -0.15) is 0 Å². The quantitative estimate of drug-likeness (QED) is 0.647. The average Bonchev–Trinajstić information content (AvgIpc) is 2.12. The fourth-order valence-electron chi connectivity index (χ4n) is 0.894. The van der Waals surface area contributed by atoms with E-state index in [0.29, 0.717) is 0 Å². The maximum Gasteiger partial charge on any atom is 0 e. The van der Waals surface area contributed by atoms with Crippen LogP contribution >= 0.6 is 0 Å². The van der Waals surface area contributed by atoms with Crippen LogP contribution in [0, 0.1) is 0 Å². The van der Waals surface area contributed by atoms with Crippen molar-refractivity contribution in [2.75, 3.05) is 6.54 Å². The molecule has 0 atom stereocenters. The van der Waals surface area contributed by atoms with Gasteiger partial charge in [0.05, 0.1) is 0 Å². The summed E-state index contributed by atoms with van der Waals surface area (Å²) in [6.45, 7) is 7.49. The first-order chi connectivity index (χ1) is 5.83. The zero-order chi connectivity index (χ0) is 9.66. The van der Waals surface area contributed by atoms with E-state index in [1.165, 1.54) is 44.9 Å². The first-order valence-electron chi connectivity index (χ1n) is 5.53. The topological polar surface area (TPSA) is 57.5 Å². The fourth-order valence-corrected chi connectivity index (χ4v) is 0.894. The van der Waals surface area contributed by atoms with Crippen LogP contribution in [0.3, 0.4) is 0 Å². The van der Waals surface area contributed by atoms with Crippen molar-refractivity contribution in [3.63, 3.8) is 0 Å². The molecular formula is C11H31NO. The molecule has 0 aliphatic carbocycles. The zero-order valence-corrected chi connectivity index (χ0v) is 9.73. The number of nitrogens with two attached hydrogens (primary N) is 1. The summed E-state index contributed by atoms with van der Waals surface area (Å²) in [5.41, 5.74) is 5.21. The first-order valence-corrected chi connectivity index (χ1v) is 5.53. The molecule has 0 saturated carbocycles. The van der Waals surface area contributed by atoms with Crippen molar-refractivity contribution in [3.8, 4) is 0 Å². The molecule has 0 aliphatic rings. The van der Waals surface area contributed by atoms with Gasteiger partial charge in [-0.1, -0.05) is 59.3 Å². The van der Waals surface area contributed by atoms with Crippen LogP contribution in [0.4, 0.5) is 0 Å². The molecule has 0 aromatic carbocycles. The monoisotopic (exact) mass is 193 g/mol. The summed E-state index contributed by atoms with van der Waals surface area (Å²) in [6, 6.07) is 0. The van der Waals surface area contributed by atoms with Crippen LogP contribution in [-0.2, 0) is 0 Å². The van der Waals surface area contributed by atoms with E-state index in [0.717, 1.165) is 6.54 Å². The average molecular weight is 193 g/mol. The van der Waals surface area contributed by atoms with E-state index in [1.54, 1.807) is 0 Å². The van der Waals surface area contributed by atoms with E-state index in [-0.39, 0.29) is 6.90 Å². The largest absolute Gasteiger partial charge is 0.412 e. The summed E-state index contributed by atoms with van der Waals surface area (Å²) in [7, 11) is 0. The predicted octanol–water partition coefficient (Wildman–Crippen LogP) is 3.14. The lowest BCUT2D eigenvalue weighted by Gasteiger charge is -1.86. The van der Waals surface area contributed by atoms with Crippen LogP contribution in [0.15, 0.2) is 0 Å². The smallest absolute Gasteiger partial charge is 0 e. The van der Waals surface area contributed by atoms with E-state index in [4.69, 9.17) is 5.73 Å². The molecule has 0 aromatic rings. The third kappa shape index (κ3) is 33.5. The Balaban J connectivity index is -0.0000000625. The molecule has 13 heavy (non-hydrogen) atoms. The van der Waals surface area contributed by atoms with Gasteiger partial charge in [-0.3, -0.25) is 0 Å². The van der Waals surface area contributed by atoms with Crippen molar-refractivity contribution in [2.45, 2.75) is 65.7 Å². The van der Waals surface area contributed by atoms with Gasteiger partial charge < -0.3 is 11.2 Å². The third-order valence-electron chi connectivity index (χ3n) is 1.76. The van der Waals surface area contributed by atoms with E-state index in [9.17, 15) is 0 Å². The lowest BCUT2D eigenvalue weighted by Crippen LogP contribution is -1.96. The molecule has 0 saturated heterocycles. The number of unbranched alkanes of at least 4 members (excludes halogenated alkanes) is 5. The first kappa shape index (κ1) is 18.7. The second-order valence-electron chi connectivity index (χ2n) is 3.20. The standard InChI is InChI=1S/C6H14.C5H13N.H2O.H2/c1-3-5-6-4-2;1-2-3-4-5-6;;/h3-6H2,1-2H3;2-6H2,1H3;1H2;1H. The SMILES string of the molecule is CCCCCC.CCCCCN.O.[HH]. The highest BCUT2D eigenvalue weighted by atomic mass is 16.0. The highest BCUT2D eigenvalue weighted by Gasteiger charge is 1.75. The Labute approximate surface area is 85.7 Å². The Morgan fingerprint density at radius 3 is 1.23 bits per heavy atom. The van der Waals surface area contributed by atoms with Crippen molar-refractivity contribution in [1.82, 2.24) is 0 Å². The minimum atomic E-state index is 0. The van der Waals surface area contributed by atoms with Crippen molar-refractivity contribution >= 4 is 0 Å². The van der Waals surface area contributed by atoms with Crippen molar-refractivity contribution < 1.29 is 6.90 Å². The van der Waals surface area contributed by atoms with Gasteiger partial charge in [0.2, 0.25) is 0 Å². The number of hydrogen-bond acceptors (Lipinski definition) is 1. The molecule has 4 N–H and O–H groups in total. The van der Waals surface area contributed by atoms with Gasteiger partial charge in [-0.05, 0) is 13.0 Å². The van der Waals surface area contributed by atoms with Gasteiger partial charge >= 0.3 is 0 Å². The van der Waals surface area contributed by atoms with Gasteiger partial charge in [-0.15, -0.1) is 0 Å². The Morgan fingerprint density at radius 1 is 0.769 bits per heavy atom. The van der Waals surface area contributed by atoms with Gasteiger partial charge in [0.1, 0.15) is 0 Å². The van der Waals surface area contributed by atoms with Crippen molar-refractivity contribution in [2.24, 2.45) is 5.73 Å². The van der Waals surface area contributed by atoms with Gasteiger partial charge in [0.15, 0.2) is 0 Å². The molecule has 2 heteroatoms. The minimum absolute atomic E-state index is 0. The van der Waals surface area contributed by atoms with Gasteiger partial charge in [-0.25, -0.2) is 0 Å². The normalized spacial score (nSPS) is 8.31. The Hall–Kier alpha value is -0.0800. The van der Waals surface area contributed by atoms with E-state index in [2.05, 4.69) is 20.8 Å². The molecular weight excluding hydrogens is 162 g/mol. The second-order valence-corrected chi connectivity index (χ2v) is 3.20. The molecule has 0 rings (SSSR count). The molecule has 0 aromatic heterocycles. The van der Waals surface area contributed by atoms with E-state index < -0.39 is 0 Å². The van der Waals surface area contributed by atoms with Crippen LogP contribution in [0.5, 0.6) is 0 Å². The molecule has 0 radical (unpaired) electrons. The molecule has 0 bridgehead atoms. The van der Waals surface area contributed by atoms with Gasteiger partial charge in [0.25, 0.3) is 0 Å². The summed E-state index contributed by atoms with van der Waals surface area (Å²) in [5, 5.41) is 0. The molecule has 86 valence electrons. The van der Waals surface area contributed by atoms with Crippen LogP contribution in [0.2, 0.25) is 0 Å². The van der Waals surface area contributed by atoms with Crippen molar-refractivity contribution in [3.05, 3.63) is 0 Å². The van der Waals surface area contributed by atoms with Crippen molar-refractivity contribution in [1.29, 1.82) is 0 Å². The third-order valence-corrected chi connectivity index (χ3v) is 1.76. The minimum Gasteiger partial charge on any atom is -0.412 e. The summed E-state index contributed by atoms with van der Waals surface area (Å²) < 4.78 is 0. The lowest BCUT2D eigenvalue weighted by atomic mass is 10.2. The van der Waals surface area contributed by atoms with E-state index in [1.807, 2.05) is 0 Å². The molecule has 0 heterocycles. The highest BCUT2D eigenvalue weighted by molar-refractivity contribution is 4.35. The van der Waals surface area contributed by atoms with E-state index >= 15 is 0 Å². The van der Waals surface area contributed by atoms with Crippen LogP contribution in [0.1, 0.15) is 67.1 Å². The summed E-state index contributed by atoms with van der Waals surface area (Å²) in [6.07, 6.45) is 9.29. The van der Waals surface area contributed by atoms with Crippen LogP contribution < -0.4 is 5.73 Å². The van der Waals surface area contributed by atoms with Gasteiger partial charge in [0, 0.05) is 1.43 Å². The predicted molar refractivity (Wildman–Crippen MR) is 64.1 cm³/mol. The summed E-state index contributed by atoms with van der Waals surface area (Å²) >= 11 is 0. The molecule has 0 unspecified atom stereocenters. The molecule has 0 aliphatic heterocycles. The number of rotatable bonds is 6. The molecule has 2 nitrogen and oxygen atoms in total. The van der Waals surface area contributed by atoms with Crippen LogP contribution in [-0.4, -0.2) is 12.0 Å². The lowest BCUT2D eigenvalue weighted by molar-refractivity contribution is 0.702. The molecule has 0 spiro atoms. The summed E-state index contributed by atoms with van der Waals surface area (Å²) in [4.78, 5) is 0. The molecule has 0 amide bonds. The molecule has 0 fully saturated rings. The zero-order valence-electron chi connectivity index (χ0n) is 9.73. The summed E-state index contributed by atoms with van der Waals surface area (Å²) in [5.74, 6) is 0. The Bertz CT molecular complexity index is 47.2. The maximum absolute atomic E-state index is 5.21. The maximum atomic E-state index is 5.21. The Morgan fingerprint density at radius 2 is 1.08 bits per heavy atom. The second kappa shape index (κ2) is 22.7. The fraction of sp³-hybridized carbons (Fsp3) is 1.00. The highest BCUT2D eigenvalue weighted by Crippen LogP contribution is 1.95.